The second-order valence-corrected chi connectivity index (χ2v) is 8.54. The van der Waals surface area contributed by atoms with E-state index in [-0.39, 0.29) is 11.8 Å². The van der Waals surface area contributed by atoms with E-state index in [1.54, 1.807) is 0 Å². The van der Waals surface area contributed by atoms with Gasteiger partial charge < -0.3 is 14.5 Å². The van der Waals surface area contributed by atoms with E-state index in [0.29, 0.717) is 13.0 Å². The predicted molar refractivity (Wildman–Crippen MR) is 119 cm³/mol. The van der Waals surface area contributed by atoms with Crippen LogP contribution in [0.5, 0.6) is 0 Å². The van der Waals surface area contributed by atoms with Gasteiger partial charge in [-0.05, 0) is 43.0 Å². The molecule has 0 bridgehead atoms. The van der Waals surface area contributed by atoms with E-state index in [0.717, 1.165) is 68.4 Å². The van der Waals surface area contributed by atoms with Crippen molar-refractivity contribution in [3.63, 3.8) is 0 Å². The van der Waals surface area contributed by atoms with Gasteiger partial charge in [0.2, 0.25) is 5.91 Å². The molecule has 3 aromatic rings. The number of likely N-dealkylation sites (tertiary alicyclic amines) is 1. The monoisotopic (exact) mass is 419 g/mol. The number of hydrogen-bond acceptors (Lipinski definition) is 5. The van der Waals surface area contributed by atoms with Crippen LogP contribution in [-0.4, -0.2) is 64.8 Å². The zero-order valence-electron chi connectivity index (χ0n) is 18.0. The Balaban J connectivity index is 1.30. The Hall–Kier alpha value is -2.93. The van der Waals surface area contributed by atoms with Gasteiger partial charge in [-0.25, -0.2) is 9.50 Å². The third-order valence-corrected chi connectivity index (χ3v) is 6.45. The number of rotatable bonds is 4. The van der Waals surface area contributed by atoms with Gasteiger partial charge in [0.25, 0.3) is 0 Å². The molecular formula is C24H29N5O2. The molecule has 0 aliphatic carbocycles. The largest absolute Gasteiger partial charge is 0.378 e. The summed E-state index contributed by atoms with van der Waals surface area (Å²) >= 11 is 0. The molecule has 2 fully saturated rings. The molecule has 0 radical (unpaired) electrons. The van der Waals surface area contributed by atoms with E-state index in [4.69, 9.17) is 14.8 Å². The fourth-order valence-corrected chi connectivity index (χ4v) is 4.57. The molecule has 7 heteroatoms. The van der Waals surface area contributed by atoms with Gasteiger partial charge in [-0.3, -0.25) is 4.79 Å². The molecule has 2 aliphatic rings. The summed E-state index contributed by atoms with van der Waals surface area (Å²) in [6.07, 6.45) is 4.52. The van der Waals surface area contributed by atoms with Crippen molar-refractivity contribution in [3.05, 3.63) is 59.5 Å². The van der Waals surface area contributed by atoms with Crippen LogP contribution in [-0.2, 0) is 16.0 Å². The summed E-state index contributed by atoms with van der Waals surface area (Å²) in [5, 5.41) is 4.79. The van der Waals surface area contributed by atoms with Crippen LogP contribution in [0.2, 0.25) is 0 Å². The van der Waals surface area contributed by atoms with Gasteiger partial charge in [0.05, 0.1) is 31.5 Å². The van der Waals surface area contributed by atoms with E-state index in [2.05, 4.69) is 30.2 Å². The van der Waals surface area contributed by atoms with Crippen molar-refractivity contribution in [2.24, 2.45) is 0 Å². The summed E-state index contributed by atoms with van der Waals surface area (Å²) in [6.45, 7) is 6.88. The highest BCUT2D eigenvalue weighted by Crippen LogP contribution is 2.26. The number of piperidine rings is 1. The Morgan fingerprint density at radius 3 is 2.81 bits per heavy atom. The highest BCUT2D eigenvalue weighted by atomic mass is 16.5. The van der Waals surface area contributed by atoms with E-state index in [1.165, 1.54) is 5.56 Å². The number of morpholine rings is 1. The first-order chi connectivity index (χ1) is 15.2. The molecule has 1 unspecified atom stereocenters. The molecule has 2 aromatic heterocycles. The van der Waals surface area contributed by atoms with Gasteiger partial charge in [-0.15, -0.1) is 0 Å². The van der Waals surface area contributed by atoms with Crippen LogP contribution >= 0.6 is 0 Å². The quantitative estimate of drug-likeness (QED) is 0.651. The summed E-state index contributed by atoms with van der Waals surface area (Å²) in [5.74, 6) is 1.21. The van der Waals surface area contributed by atoms with Crippen molar-refractivity contribution in [3.8, 4) is 0 Å². The van der Waals surface area contributed by atoms with Gasteiger partial charge in [0.15, 0.2) is 11.5 Å². The van der Waals surface area contributed by atoms with Crippen LogP contribution in [0.1, 0.15) is 35.7 Å². The Bertz CT molecular complexity index is 1070. The SMILES string of the molecule is Cc1ccccc1CC(=O)N1CCCC(c2nc3ccc(N4CCOCC4)cn3n2)C1. The average Bonchev–Trinajstić information content (AvgIpc) is 3.25. The molecule has 2 saturated heterocycles. The standard InChI is InChI=1S/C24H29N5O2/c1-18-5-2-3-6-19(18)15-23(30)28-10-4-7-20(16-28)24-25-22-9-8-21(17-29(22)26-24)27-11-13-31-14-12-27/h2-3,5-6,8-9,17,20H,4,7,10-16H2,1H3. The van der Waals surface area contributed by atoms with Crippen molar-refractivity contribution in [1.82, 2.24) is 19.5 Å². The third-order valence-electron chi connectivity index (χ3n) is 6.45. The van der Waals surface area contributed by atoms with Crippen LogP contribution in [0.25, 0.3) is 5.65 Å². The minimum Gasteiger partial charge on any atom is -0.378 e. The first kappa shape index (κ1) is 20.0. The summed E-state index contributed by atoms with van der Waals surface area (Å²) in [5.41, 5.74) is 4.28. The number of aromatic nitrogens is 3. The lowest BCUT2D eigenvalue weighted by Gasteiger charge is -2.31. The molecule has 162 valence electrons. The number of carbonyl (C=O) groups is 1. The predicted octanol–water partition coefficient (Wildman–Crippen LogP) is 2.82. The molecule has 31 heavy (non-hydrogen) atoms. The average molecular weight is 420 g/mol. The third kappa shape index (κ3) is 4.28. The number of benzene rings is 1. The van der Waals surface area contributed by atoms with E-state index >= 15 is 0 Å². The van der Waals surface area contributed by atoms with Crippen LogP contribution in [0.4, 0.5) is 5.69 Å². The maximum atomic E-state index is 13.0. The van der Waals surface area contributed by atoms with E-state index < -0.39 is 0 Å². The first-order valence-corrected chi connectivity index (χ1v) is 11.2. The Kier molecular flexibility index (Phi) is 5.59. The number of aryl methyl sites for hydroxylation is 1. The molecule has 0 saturated carbocycles. The van der Waals surface area contributed by atoms with Crippen molar-refractivity contribution in [2.75, 3.05) is 44.3 Å². The van der Waals surface area contributed by atoms with E-state index in [1.807, 2.05) is 33.7 Å². The van der Waals surface area contributed by atoms with Crippen molar-refractivity contribution in [1.29, 1.82) is 0 Å². The molecule has 5 rings (SSSR count). The lowest BCUT2D eigenvalue weighted by atomic mass is 9.96. The molecule has 0 N–H and O–H groups in total. The van der Waals surface area contributed by atoms with Gasteiger partial charge >= 0.3 is 0 Å². The number of hydrogen-bond donors (Lipinski definition) is 0. The molecule has 4 heterocycles. The normalized spacial score (nSPS) is 19.7. The van der Waals surface area contributed by atoms with Gasteiger partial charge in [0.1, 0.15) is 0 Å². The Labute approximate surface area is 182 Å². The zero-order valence-corrected chi connectivity index (χ0v) is 18.0. The lowest BCUT2D eigenvalue weighted by molar-refractivity contribution is -0.131. The molecule has 1 amide bonds. The number of pyridine rings is 1. The smallest absolute Gasteiger partial charge is 0.227 e. The number of fused-ring (bicyclic) bond motifs is 1. The highest BCUT2D eigenvalue weighted by Gasteiger charge is 2.27. The van der Waals surface area contributed by atoms with E-state index in [9.17, 15) is 4.79 Å². The number of carbonyl (C=O) groups excluding carboxylic acids is 1. The fourth-order valence-electron chi connectivity index (χ4n) is 4.57. The van der Waals surface area contributed by atoms with Crippen molar-refractivity contribution < 1.29 is 9.53 Å². The molecular weight excluding hydrogens is 390 g/mol. The number of ether oxygens (including phenoxy) is 1. The molecule has 1 atom stereocenters. The molecule has 0 spiro atoms. The minimum absolute atomic E-state index is 0.182. The maximum absolute atomic E-state index is 13.0. The topological polar surface area (TPSA) is 63.0 Å². The fraction of sp³-hybridized carbons (Fsp3) is 0.458. The van der Waals surface area contributed by atoms with Gasteiger partial charge in [-0.1, -0.05) is 24.3 Å². The van der Waals surface area contributed by atoms with Crippen LogP contribution in [0, 0.1) is 6.92 Å². The lowest BCUT2D eigenvalue weighted by Crippen LogP contribution is -2.40. The second kappa shape index (κ2) is 8.67. The summed E-state index contributed by atoms with van der Waals surface area (Å²) in [7, 11) is 0. The summed E-state index contributed by atoms with van der Waals surface area (Å²) in [4.78, 5) is 22.0. The van der Waals surface area contributed by atoms with Gasteiger partial charge in [0, 0.05) is 32.1 Å². The molecule has 2 aliphatic heterocycles. The van der Waals surface area contributed by atoms with Crippen LogP contribution < -0.4 is 4.90 Å². The zero-order chi connectivity index (χ0) is 21.2. The highest BCUT2D eigenvalue weighted by molar-refractivity contribution is 5.79. The minimum atomic E-state index is 0.182. The van der Waals surface area contributed by atoms with Crippen molar-refractivity contribution >= 4 is 17.2 Å². The van der Waals surface area contributed by atoms with Crippen molar-refractivity contribution in [2.45, 2.75) is 32.1 Å². The molecule has 1 aromatic carbocycles. The maximum Gasteiger partial charge on any atom is 0.227 e. The second-order valence-electron chi connectivity index (χ2n) is 8.54. The Morgan fingerprint density at radius 2 is 1.97 bits per heavy atom. The van der Waals surface area contributed by atoms with Gasteiger partial charge in [-0.2, -0.15) is 5.10 Å². The number of anilines is 1. The summed E-state index contributed by atoms with van der Waals surface area (Å²) < 4.78 is 7.34. The first-order valence-electron chi connectivity index (χ1n) is 11.2. The molecule has 7 nitrogen and oxygen atoms in total. The van der Waals surface area contributed by atoms with Crippen LogP contribution in [0.3, 0.4) is 0 Å². The van der Waals surface area contributed by atoms with Crippen LogP contribution in [0.15, 0.2) is 42.6 Å². The summed E-state index contributed by atoms with van der Waals surface area (Å²) in [6, 6.07) is 12.3. The number of nitrogens with zero attached hydrogens (tertiary/aromatic N) is 5. The number of amides is 1. The Morgan fingerprint density at radius 1 is 1.13 bits per heavy atom.